The van der Waals surface area contributed by atoms with E-state index >= 15 is 0 Å². The van der Waals surface area contributed by atoms with Crippen molar-refractivity contribution in [3.8, 4) is 0 Å². The van der Waals surface area contributed by atoms with Crippen molar-refractivity contribution < 1.29 is 4.79 Å². The fourth-order valence-corrected chi connectivity index (χ4v) is 2.27. The van der Waals surface area contributed by atoms with Gasteiger partial charge in [0.15, 0.2) is 0 Å². The van der Waals surface area contributed by atoms with E-state index < -0.39 is 5.91 Å². The molecule has 0 saturated heterocycles. The van der Waals surface area contributed by atoms with Gasteiger partial charge in [-0.15, -0.1) is 0 Å². The molecule has 0 unspecified atom stereocenters. The minimum atomic E-state index is -0.457. The number of carbonyl (C=O) groups is 1. The molecule has 25 heavy (non-hydrogen) atoms. The molecule has 3 aromatic rings. The zero-order chi connectivity index (χ0) is 17.6. The third-order valence-electron chi connectivity index (χ3n) is 3.64. The van der Waals surface area contributed by atoms with Crippen LogP contribution in [0.5, 0.6) is 0 Å². The second kappa shape index (κ2) is 7.43. The number of nitrogens with one attached hydrogen (secondary N) is 3. The number of aryl methyl sites for hydroxylation is 1. The average molecular weight is 337 g/mol. The third kappa shape index (κ3) is 4.31. The van der Waals surface area contributed by atoms with Crippen molar-refractivity contribution in [3.05, 3.63) is 59.8 Å². The Morgan fingerprint density at radius 2 is 2.04 bits per heavy atom. The van der Waals surface area contributed by atoms with Crippen molar-refractivity contribution in [3.63, 3.8) is 0 Å². The summed E-state index contributed by atoms with van der Waals surface area (Å²) in [7, 11) is 0. The fraction of sp³-hybridized carbons (Fsp3) is 0.176. The summed E-state index contributed by atoms with van der Waals surface area (Å²) in [6.45, 7) is 2.68. The Labute approximate surface area is 144 Å². The van der Waals surface area contributed by atoms with Crippen LogP contribution in [-0.4, -0.2) is 32.4 Å². The van der Waals surface area contributed by atoms with E-state index in [-0.39, 0.29) is 0 Å². The van der Waals surface area contributed by atoms with E-state index in [1.165, 1.54) is 0 Å². The van der Waals surface area contributed by atoms with Crippen LogP contribution in [0.1, 0.15) is 21.6 Å². The van der Waals surface area contributed by atoms with E-state index in [2.05, 4.69) is 30.6 Å². The Hall–Kier alpha value is -3.42. The van der Waals surface area contributed by atoms with Crippen LogP contribution in [0.3, 0.4) is 0 Å². The van der Waals surface area contributed by atoms with Gasteiger partial charge in [0.05, 0.1) is 6.33 Å². The first-order valence-electron chi connectivity index (χ1n) is 7.83. The number of H-pyrrole nitrogens is 1. The number of carbonyl (C=O) groups excluding carboxylic acids is 1. The zero-order valence-corrected chi connectivity index (χ0v) is 13.8. The van der Waals surface area contributed by atoms with Crippen molar-refractivity contribution in [2.24, 2.45) is 5.73 Å². The highest BCUT2D eigenvalue weighted by molar-refractivity contribution is 5.93. The molecule has 128 valence electrons. The quantitative estimate of drug-likeness (QED) is 0.523. The topological polar surface area (TPSA) is 122 Å². The van der Waals surface area contributed by atoms with E-state index in [9.17, 15) is 4.79 Å². The molecule has 1 aromatic carbocycles. The molecular formula is C17H19N7O. The Kier molecular flexibility index (Phi) is 4.89. The van der Waals surface area contributed by atoms with Crippen molar-refractivity contribution in [1.82, 2.24) is 19.9 Å². The van der Waals surface area contributed by atoms with E-state index in [1.807, 2.05) is 6.92 Å². The van der Waals surface area contributed by atoms with Gasteiger partial charge in [0, 0.05) is 47.9 Å². The summed E-state index contributed by atoms with van der Waals surface area (Å²) in [4.78, 5) is 26.9. The van der Waals surface area contributed by atoms with Crippen molar-refractivity contribution >= 4 is 23.4 Å². The summed E-state index contributed by atoms with van der Waals surface area (Å²) in [5.41, 5.74) is 8.49. The maximum absolute atomic E-state index is 11.1. The molecule has 0 saturated carbocycles. The summed E-state index contributed by atoms with van der Waals surface area (Å²) >= 11 is 0. The molecule has 0 aliphatic rings. The summed E-state index contributed by atoms with van der Waals surface area (Å²) in [5, 5.41) is 6.41. The van der Waals surface area contributed by atoms with Gasteiger partial charge >= 0.3 is 0 Å². The molecule has 0 aliphatic carbocycles. The Bertz CT molecular complexity index is 844. The molecule has 2 heterocycles. The molecule has 8 heteroatoms. The molecule has 0 spiro atoms. The van der Waals surface area contributed by atoms with Gasteiger partial charge in [-0.1, -0.05) is 0 Å². The number of hydrogen-bond acceptors (Lipinski definition) is 6. The van der Waals surface area contributed by atoms with Crippen molar-refractivity contribution in [1.29, 1.82) is 0 Å². The first kappa shape index (κ1) is 16.4. The minimum absolute atomic E-state index is 0.455. The Morgan fingerprint density at radius 1 is 1.24 bits per heavy atom. The van der Waals surface area contributed by atoms with Gasteiger partial charge in [-0.3, -0.25) is 4.79 Å². The monoisotopic (exact) mass is 337 g/mol. The number of rotatable bonds is 7. The Balaban J connectivity index is 1.64. The summed E-state index contributed by atoms with van der Waals surface area (Å²) < 4.78 is 0. The number of imidazole rings is 1. The maximum atomic E-state index is 11.1. The van der Waals surface area contributed by atoms with Gasteiger partial charge < -0.3 is 21.4 Å². The van der Waals surface area contributed by atoms with E-state index in [0.29, 0.717) is 11.5 Å². The maximum Gasteiger partial charge on any atom is 0.248 e. The fourth-order valence-electron chi connectivity index (χ4n) is 2.27. The van der Waals surface area contributed by atoms with Crippen molar-refractivity contribution in [2.45, 2.75) is 13.3 Å². The highest BCUT2D eigenvalue weighted by Crippen LogP contribution is 2.17. The van der Waals surface area contributed by atoms with Crippen molar-refractivity contribution in [2.75, 3.05) is 17.2 Å². The molecule has 1 amide bonds. The molecule has 0 radical (unpaired) electrons. The van der Waals surface area contributed by atoms with Gasteiger partial charge in [0.2, 0.25) is 11.9 Å². The Morgan fingerprint density at radius 3 is 2.72 bits per heavy atom. The number of aromatic amines is 1. The molecule has 0 atom stereocenters. The molecule has 8 nitrogen and oxygen atoms in total. The second-order valence-electron chi connectivity index (χ2n) is 5.55. The lowest BCUT2D eigenvalue weighted by Crippen LogP contribution is -2.11. The third-order valence-corrected chi connectivity index (χ3v) is 3.64. The summed E-state index contributed by atoms with van der Waals surface area (Å²) in [5.74, 6) is 0.786. The minimum Gasteiger partial charge on any atom is -0.369 e. The van der Waals surface area contributed by atoms with Gasteiger partial charge in [-0.2, -0.15) is 4.98 Å². The molecule has 3 rings (SSSR count). The normalized spacial score (nSPS) is 10.4. The first-order valence-corrected chi connectivity index (χ1v) is 7.83. The zero-order valence-electron chi connectivity index (χ0n) is 13.8. The van der Waals surface area contributed by atoms with Crippen LogP contribution < -0.4 is 16.4 Å². The number of hydrogen-bond donors (Lipinski definition) is 4. The standard InChI is InChI=1S/C17H19N7O/c1-11-8-21-17(23-13-4-2-12(3-5-13)15(18)25)24-16(11)20-7-6-14-9-19-10-22-14/h2-5,8-10H,6-7H2,1H3,(H2,18,25)(H,19,22)(H2,20,21,23,24). The highest BCUT2D eigenvalue weighted by atomic mass is 16.1. The average Bonchev–Trinajstić information content (AvgIpc) is 3.11. The predicted octanol–water partition coefficient (Wildman–Crippen LogP) is 2.01. The SMILES string of the molecule is Cc1cnc(Nc2ccc(C(N)=O)cc2)nc1NCCc1cnc[nH]1. The van der Waals surface area contributed by atoms with Crippen LogP contribution in [0.15, 0.2) is 43.0 Å². The van der Waals surface area contributed by atoms with Crippen LogP contribution >= 0.6 is 0 Å². The highest BCUT2D eigenvalue weighted by Gasteiger charge is 2.05. The number of primary amides is 1. The van der Waals surface area contributed by atoms with E-state index in [0.717, 1.165) is 35.7 Å². The predicted molar refractivity (Wildman–Crippen MR) is 95.8 cm³/mol. The number of nitrogens with two attached hydrogens (primary N) is 1. The lowest BCUT2D eigenvalue weighted by atomic mass is 10.2. The lowest BCUT2D eigenvalue weighted by Gasteiger charge is -2.11. The van der Waals surface area contributed by atoms with Crippen LogP contribution in [0.25, 0.3) is 0 Å². The molecule has 2 aromatic heterocycles. The van der Waals surface area contributed by atoms with Crippen LogP contribution in [-0.2, 0) is 6.42 Å². The summed E-state index contributed by atoms with van der Waals surface area (Å²) in [6.07, 6.45) is 6.04. The van der Waals surface area contributed by atoms with Gasteiger partial charge in [-0.25, -0.2) is 9.97 Å². The van der Waals surface area contributed by atoms with Gasteiger partial charge in [-0.05, 0) is 31.2 Å². The number of amides is 1. The molecule has 5 N–H and O–H groups in total. The summed E-state index contributed by atoms with van der Waals surface area (Å²) in [6, 6.07) is 6.83. The first-order chi connectivity index (χ1) is 12.1. The molecule has 0 bridgehead atoms. The van der Waals surface area contributed by atoms with Crippen LogP contribution in [0.4, 0.5) is 17.5 Å². The van der Waals surface area contributed by atoms with Crippen LogP contribution in [0.2, 0.25) is 0 Å². The molecule has 0 aliphatic heterocycles. The number of nitrogens with zero attached hydrogens (tertiary/aromatic N) is 3. The second-order valence-corrected chi connectivity index (χ2v) is 5.55. The van der Waals surface area contributed by atoms with E-state index in [1.54, 1.807) is 43.0 Å². The molecule has 0 fully saturated rings. The van der Waals surface area contributed by atoms with E-state index in [4.69, 9.17) is 5.73 Å². The largest absolute Gasteiger partial charge is 0.369 e. The van der Waals surface area contributed by atoms with Gasteiger partial charge in [0.25, 0.3) is 0 Å². The number of anilines is 3. The smallest absolute Gasteiger partial charge is 0.248 e. The lowest BCUT2D eigenvalue weighted by molar-refractivity contribution is 0.100. The number of benzene rings is 1. The number of aromatic nitrogens is 4. The molecular weight excluding hydrogens is 318 g/mol. The van der Waals surface area contributed by atoms with Crippen LogP contribution in [0, 0.1) is 6.92 Å². The van der Waals surface area contributed by atoms with Gasteiger partial charge in [0.1, 0.15) is 5.82 Å².